The van der Waals surface area contributed by atoms with E-state index in [9.17, 15) is 13.2 Å². The van der Waals surface area contributed by atoms with Crippen LogP contribution >= 0.6 is 11.3 Å². The number of hydrogen-bond donors (Lipinski definition) is 0. The topological polar surface area (TPSA) is 32.3 Å². The Balaban J connectivity index is 1.99. The third kappa shape index (κ3) is 2.01. The fourth-order valence-corrected chi connectivity index (χ4v) is 2.69. The van der Waals surface area contributed by atoms with Crippen LogP contribution in [-0.4, -0.2) is 23.9 Å². The van der Waals surface area contributed by atoms with Crippen molar-refractivity contribution >= 4 is 27.8 Å². The summed E-state index contributed by atoms with van der Waals surface area (Å²) in [5.74, 6) is -0.335. The molecule has 4 nitrogen and oxygen atoms in total. The number of anilines is 3. The molecule has 1 aliphatic rings. The molecule has 0 bridgehead atoms. The zero-order valence-corrected chi connectivity index (χ0v) is 10.7. The third-order valence-electron chi connectivity index (χ3n) is 2.84. The van der Waals surface area contributed by atoms with Crippen molar-refractivity contribution in [2.75, 3.05) is 23.5 Å². The van der Waals surface area contributed by atoms with Gasteiger partial charge in [-0.3, -0.25) is 4.90 Å². The van der Waals surface area contributed by atoms with Crippen LogP contribution in [0.4, 0.5) is 29.7 Å². The summed E-state index contributed by atoms with van der Waals surface area (Å²) in [5.41, 5.74) is 1.44. The molecule has 2 heterocycles. The molecule has 0 radical (unpaired) electrons. The molecule has 0 spiro atoms. The first-order chi connectivity index (χ1) is 9.06. The second kappa shape index (κ2) is 4.37. The van der Waals surface area contributed by atoms with Crippen LogP contribution in [0.2, 0.25) is 0 Å². The smallest absolute Gasteiger partial charge is 0.291 e. The molecule has 3 rings (SSSR count). The highest BCUT2D eigenvalue weighted by molar-refractivity contribution is 7.15. The molecule has 100 valence electrons. The predicted octanol–water partition coefficient (Wildman–Crippen LogP) is 3.16. The van der Waals surface area contributed by atoms with Gasteiger partial charge in [-0.15, -0.1) is 10.2 Å². The standard InChI is InChI=1S/C11H9F3N4S/c1-17-5-18(7-3-2-6(12)4-8(7)17)11-16-15-10(19-11)9(13)14/h2-4,9H,5H2,1H3. The molecular weight excluding hydrogens is 277 g/mol. The van der Waals surface area contributed by atoms with Crippen molar-refractivity contribution in [2.45, 2.75) is 6.43 Å². The van der Waals surface area contributed by atoms with E-state index in [0.29, 0.717) is 17.5 Å². The lowest BCUT2D eigenvalue weighted by atomic mass is 10.2. The highest BCUT2D eigenvalue weighted by Crippen LogP contribution is 2.41. The van der Waals surface area contributed by atoms with E-state index < -0.39 is 6.43 Å². The van der Waals surface area contributed by atoms with Crippen LogP contribution in [0.25, 0.3) is 0 Å². The predicted molar refractivity (Wildman–Crippen MR) is 66.7 cm³/mol. The zero-order valence-electron chi connectivity index (χ0n) is 9.85. The second-order valence-electron chi connectivity index (χ2n) is 4.12. The molecular formula is C11H9F3N4S. The quantitative estimate of drug-likeness (QED) is 0.849. The number of alkyl halides is 2. The van der Waals surface area contributed by atoms with Gasteiger partial charge in [0, 0.05) is 7.05 Å². The van der Waals surface area contributed by atoms with E-state index in [1.165, 1.54) is 12.1 Å². The summed E-state index contributed by atoms with van der Waals surface area (Å²) in [6.07, 6.45) is -2.63. The van der Waals surface area contributed by atoms with Crippen LogP contribution in [0.3, 0.4) is 0 Å². The van der Waals surface area contributed by atoms with Crippen LogP contribution in [-0.2, 0) is 0 Å². The summed E-state index contributed by atoms with van der Waals surface area (Å²) in [6.45, 7) is 0.427. The van der Waals surface area contributed by atoms with Gasteiger partial charge in [0.2, 0.25) is 5.13 Å². The molecule has 1 aliphatic heterocycles. The van der Waals surface area contributed by atoms with E-state index in [0.717, 1.165) is 17.0 Å². The number of halogens is 3. The Morgan fingerprint density at radius 3 is 2.74 bits per heavy atom. The van der Waals surface area contributed by atoms with Gasteiger partial charge in [0.05, 0.1) is 18.0 Å². The van der Waals surface area contributed by atoms with Gasteiger partial charge in [-0.25, -0.2) is 13.2 Å². The Morgan fingerprint density at radius 2 is 2.05 bits per heavy atom. The molecule has 0 N–H and O–H groups in total. The molecule has 0 atom stereocenters. The number of aromatic nitrogens is 2. The van der Waals surface area contributed by atoms with E-state index in [1.807, 2.05) is 4.90 Å². The zero-order chi connectivity index (χ0) is 13.6. The van der Waals surface area contributed by atoms with Gasteiger partial charge in [0.25, 0.3) is 6.43 Å². The Bertz CT molecular complexity index is 616. The number of benzene rings is 1. The van der Waals surface area contributed by atoms with E-state index in [-0.39, 0.29) is 10.8 Å². The summed E-state index contributed by atoms with van der Waals surface area (Å²) < 4.78 is 38.2. The molecule has 0 saturated heterocycles. The van der Waals surface area contributed by atoms with Crippen LogP contribution in [0.15, 0.2) is 18.2 Å². The minimum Gasteiger partial charge on any atom is -0.355 e. The van der Waals surface area contributed by atoms with Crippen LogP contribution < -0.4 is 9.80 Å². The van der Waals surface area contributed by atoms with Gasteiger partial charge >= 0.3 is 0 Å². The van der Waals surface area contributed by atoms with Crippen molar-refractivity contribution in [1.82, 2.24) is 10.2 Å². The maximum Gasteiger partial charge on any atom is 0.291 e. The van der Waals surface area contributed by atoms with Crippen LogP contribution in [0, 0.1) is 5.82 Å². The molecule has 1 aromatic carbocycles. The highest BCUT2D eigenvalue weighted by Gasteiger charge is 2.28. The minimum absolute atomic E-state index is 0.312. The van der Waals surface area contributed by atoms with Gasteiger partial charge in [0.15, 0.2) is 5.01 Å². The fraction of sp³-hybridized carbons (Fsp3) is 0.273. The molecule has 0 amide bonds. The molecule has 0 saturated carbocycles. The monoisotopic (exact) mass is 286 g/mol. The van der Waals surface area contributed by atoms with Crippen molar-refractivity contribution < 1.29 is 13.2 Å². The Hall–Kier alpha value is -1.83. The third-order valence-corrected chi connectivity index (χ3v) is 3.79. The Kier molecular flexibility index (Phi) is 2.81. The van der Waals surface area contributed by atoms with Gasteiger partial charge in [-0.2, -0.15) is 0 Å². The summed E-state index contributed by atoms with van der Waals surface area (Å²) in [6, 6.07) is 4.35. The van der Waals surface area contributed by atoms with Crippen molar-refractivity contribution in [2.24, 2.45) is 0 Å². The highest BCUT2D eigenvalue weighted by atomic mass is 32.1. The van der Waals surface area contributed by atoms with E-state index in [1.54, 1.807) is 18.0 Å². The first kappa shape index (κ1) is 12.2. The Morgan fingerprint density at radius 1 is 1.26 bits per heavy atom. The molecule has 0 unspecified atom stereocenters. The average molecular weight is 286 g/mol. The van der Waals surface area contributed by atoms with Crippen LogP contribution in [0.1, 0.15) is 11.4 Å². The molecule has 19 heavy (non-hydrogen) atoms. The largest absolute Gasteiger partial charge is 0.355 e. The van der Waals surface area contributed by atoms with Gasteiger partial charge in [-0.05, 0) is 18.2 Å². The minimum atomic E-state index is -2.63. The van der Waals surface area contributed by atoms with E-state index >= 15 is 0 Å². The summed E-state index contributed by atoms with van der Waals surface area (Å²) >= 11 is 0.841. The maximum atomic E-state index is 13.2. The Labute approximate surface area is 111 Å². The SMILES string of the molecule is CN1CN(c2nnc(C(F)F)s2)c2ccc(F)cc21. The van der Waals surface area contributed by atoms with Crippen molar-refractivity contribution in [3.05, 3.63) is 29.0 Å². The van der Waals surface area contributed by atoms with Crippen LogP contribution in [0.5, 0.6) is 0 Å². The lowest BCUT2D eigenvalue weighted by Gasteiger charge is -2.14. The molecule has 8 heteroatoms. The van der Waals surface area contributed by atoms with Gasteiger partial charge < -0.3 is 4.90 Å². The molecule has 0 fully saturated rings. The first-order valence-corrected chi connectivity index (χ1v) is 6.27. The molecule has 1 aromatic heterocycles. The lowest BCUT2D eigenvalue weighted by Crippen LogP contribution is -2.23. The summed E-state index contributed by atoms with van der Waals surface area (Å²) in [4.78, 5) is 3.56. The van der Waals surface area contributed by atoms with Crippen molar-refractivity contribution in [3.8, 4) is 0 Å². The number of nitrogens with zero attached hydrogens (tertiary/aromatic N) is 4. The first-order valence-electron chi connectivity index (χ1n) is 5.46. The van der Waals surface area contributed by atoms with E-state index in [2.05, 4.69) is 10.2 Å². The normalized spacial score (nSPS) is 14.4. The van der Waals surface area contributed by atoms with Crippen molar-refractivity contribution in [1.29, 1.82) is 0 Å². The number of fused-ring (bicyclic) bond motifs is 1. The number of rotatable bonds is 2. The fourth-order valence-electron chi connectivity index (χ4n) is 1.98. The van der Waals surface area contributed by atoms with Crippen molar-refractivity contribution in [3.63, 3.8) is 0 Å². The van der Waals surface area contributed by atoms with Gasteiger partial charge in [0.1, 0.15) is 5.82 Å². The summed E-state index contributed by atoms with van der Waals surface area (Å²) in [5, 5.41) is 7.30. The lowest BCUT2D eigenvalue weighted by molar-refractivity contribution is 0.150. The van der Waals surface area contributed by atoms with E-state index in [4.69, 9.17) is 0 Å². The second-order valence-corrected chi connectivity index (χ2v) is 5.11. The maximum absolute atomic E-state index is 13.2. The number of hydrogen-bond acceptors (Lipinski definition) is 5. The molecule has 0 aliphatic carbocycles. The molecule has 2 aromatic rings. The average Bonchev–Trinajstić information content (AvgIpc) is 2.95. The van der Waals surface area contributed by atoms with Gasteiger partial charge in [-0.1, -0.05) is 11.3 Å². The summed E-state index contributed by atoms with van der Waals surface area (Å²) in [7, 11) is 1.80.